The van der Waals surface area contributed by atoms with E-state index >= 15 is 0 Å². The van der Waals surface area contributed by atoms with Gasteiger partial charge in [-0.2, -0.15) is 4.98 Å². The number of benzene rings is 1. The first-order chi connectivity index (χ1) is 13.0. The van der Waals surface area contributed by atoms with E-state index in [-0.39, 0.29) is 24.3 Å². The Morgan fingerprint density at radius 1 is 1.00 bits per heavy atom. The fourth-order valence-electron chi connectivity index (χ4n) is 2.54. The predicted molar refractivity (Wildman–Crippen MR) is 106 cm³/mol. The highest BCUT2D eigenvalue weighted by Gasteiger charge is 2.15. The van der Waals surface area contributed by atoms with Crippen LogP contribution in [0.1, 0.15) is 13.8 Å². The second kappa shape index (κ2) is 8.46. The molecule has 0 saturated heterocycles. The summed E-state index contributed by atoms with van der Waals surface area (Å²) in [5.74, 6) is 1.32. The largest absolute Gasteiger partial charge is 0.508 e. The van der Waals surface area contributed by atoms with Crippen LogP contribution in [0.4, 0.5) is 17.5 Å². The van der Waals surface area contributed by atoms with Crippen molar-refractivity contribution < 1.29 is 10.2 Å². The Morgan fingerprint density at radius 2 is 1.85 bits per heavy atom. The van der Waals surface area contributed by atoms with Gasteiger partial charge >= 0.3 is 0 Å². The van der Waals surface area contributed by atoms with Crippen LogP contribution in [0.3, 0.4) is 0 Å². The Bertz CT molecular complexity index is 887. The van der Waals surface area contributed by atoms with Crippen LogP contribution >= 0.6 is 0 Å². The van der Waals surface area contributed by atoms with Crippen molar-refractivity contribution in [2.24, 2.45) is 5.92 Å². The second-order valence-electron chi connectivity index (χ2n) is 6.53. The van der Waals surface area contributed by atoms with Crippen molar-refractivity contribution in [2.45, 2.75) is 19.9 Å². The molecule has 140 valence electrons. The first kappa shape index (κ1) is 18.6. The average Bonchev–Trinajstić information content (AvgIpc) is 2.66. The summed E-state index contributed by atoms with van der Waals surface area (Å²) in [7, 11) is 0. The van der Waals surface area contributed by atoms with Gasteiger partial charge in [0.1, 0.15) is 11.6 Å². The van der Waals surface area contributed by atoms with Gasteiger partial charge in [-0.05, 0) is 30.2 Å². The predicted octanol–water partition coefficient (Wildman–Crippen LogP) is 3.42. The highest BCUT2D eigenvalue weighted by Crippen LogP contribution is 2.24. The number of phenolic OH excluding ortho intramolecular Hbond substituents is 1. The number of aromatic nitrogens is 3. The molecular formula is C20H23N5O2. The van der Waals surface area contributed by atoms with Crippen LogP contribution in [0.25, 0.3) is 11.4 Å². The van der Waals surface area contributed by atoms with Crippen molar-refractivity contribution in [3.05, 3.63) is 54.7 Å². The highest BCUT2D eigenvalue weighted by atomic mass is 16.3. The number of pyridine rings is 1. The number of nitrogens with one attached hydrogen (secondary N) is 2. The minimum absolute atomic E-state index is 0.0236. The second-order valence-corrected chi connectivity index (χ2v) is 6.53. The van der Waals surface area contributed by atoms with Crippen LogP contribution in [-0.4, -0.2) is 37.8 Å². The molecule has 0 saturated carbocycles. The van der Waals surface area contributed by atoms with Gasteiger partial charge in [-0.3, -0.25) is 4.98 Å². The molecule has 2 heterocycles. The SMILES string of the molecule is CC(C)[C@H](CO)Nc1nc(Nc2cccc(O)c2)cc(-c2ccccn2)n1. The normalized spacial score (nSPS) is 12.0. The highest BCUT2D eigenvalue weighted by molar-refractivity contribution is 5.65. The number of hydrogen-bond acceptors (Lipinski definition) is 7. The van der Waals surface area contributed by atoms with Gasteiger partial charge in [0.2, 0.25) is 5.95 Å². The van der Waals surface area contributed by atoms with Crippen LogP contribution in [-0.2, 0) is 0 Å². The molecule has 1 aromatic carbocycles. The summed E-state index contributed by atoms with van der Waals surface area (Å²) in [6, 6.07) is 14.0. The number of aliphatic hydroxyl groups excluding tert-OH is 1. The molecule has 0 bridgehead atoms. The van der Waals surface area contributed by atoms with E-state index in [0.717, 1.165) is 0 Å². The molecule has 3 aromatic rings. The Morgan fingerprint density at radius 3 is 2.52 bits per heavy atom. The third-order valence-electron chi connectivity index (χ3n) is 4.09. The van der Waals surface area contributed by atoms with Gasteiger partial charge in [0.05, 0.1) is 24.0 Å². The third kappa shape index (κ3) is 4.92. The molecule has 7 heteroatoms. The molecule has 2 aromatic heterocycles. The van der Waals surface area contributed by atoms with E-state index in [1.165, 1.54) is 0 Å². The van der Waals surface area contributed by atoms with E-state index in [4.69, 9.17) is 0 Å². The molecule has 7 nitrogen and oxygen atoms in total. The lowest BCUT2D eigenvalue weighted by atomic mass is 10.1. The summed E-state index contributed by atoms with van der Waals surface area (Å²) >= 11 is 0. The zero-order chi connectivity index (χ0) is 19.2. The van der Waals surface area contributed by atoms with Gasteiger partial charge in [0, 0.05) is 24.0 Å². The van der Waals surface area contributed by atoms with E-state index in [1.54, 1.807) is 30.5 Å². The number of aliphatic hydroxyl groups is 1. The summed E-state index contributed by atoms with van der Waals surface area (Å²) in [4.78, 5) is 13.4. The summed E-state index contributed by atoms with van der Waals surface area (Å²) in [5, 5.41) is 25.6. The van der Waals surface area contributed by atoms with Gasteiger partial charge < -0.3 is 20.8 Å². The average molecular weight is 365 g/mol. The number of nitrogens with zero attached hydrogens (tertiary/aromatic N) is 3. The summed E-state index contributed by atoms with van der Waals surface area (Å²) in [5.41, 5.74) is 2.07. The lowest BCUT2D eigenvalue weighted by Gasteiger charge is -2.20. The minimum atomic E-state index is -0.169. The molecule has 0 aliphatic heterocycles. The fraction of sp³-hybridized carbons (Fsp3) is 0.250. The van der Waals surface area contributed by atoms with Gasteiger partial charge in [-0.1, -0.05) is 26.0 Å². The topological polar surface area (TPSA) is 103 Å². The standard InChI is InChI=1S/C20H23N5O2/c1-13(2)18(12-26)24-20-23-17(16-8-3-4-9-21-16)11-19(25-20)22-14-6-5-7-15(27)10-14/h3-11,13,18,26-27H,12H2,1-2H3,(H2,22,23,24,25)/t18-/m0/s1. The van der Waals surface area contributed by atoms with Crippen LogP contribution < -0.4 is 10.6 Å². The Kier molecular flexibility index (Phi) is 5.83. The number of aromatic hydroxyl groups is 1. The van der Waals surface area contributed by atoms with Crippen molar-refractivity contribution in [3.8, 4) is 17.1 Å². The van der Waals surface area contributed by atoms with Crippen LogP contribution in [0.5, 0.6) is 5.75 Å². The van der Waals surface area contributed by atoms with E-state index in [0.29, 0.717) is 28.8 Å². The molecule has 0 aliphatic carbocycles. The molecule has 1 atom stereocenters. The summed E-state index contributed by atoms with van der Waals surface area (Å²) < 4.78 is 0. The molecular weight excluding hydrogens is 342 g/mol. The van der Waals surface area contributed by atoms with Crippen molar-refractivity contribution in [1.82, 2.24) is 15.0 Å². The van der Waals surface area contributed by atoms with Crippen molar-refractivity contribution in [1.29, 1.82) is 0 Å². The maximum absolute atomic E-state index is 9.67. The van der Waals surface area contributed by atoms with Crippen LogP contribution in [0, 0.1) is 5.92 Å². The molecule has 0 aliphatic rings. The fourth-order valence-corrected chi connectivity index (χ4v) is 2.54. The van der Waals surface area contributed by atoms with E-state index in [9.17, 15) is 10.2 Å². The Balaban J connectivity index is 1.97. The van der Waals surface area contributed by atoms with Gasteiger partial charge in [0.25, 0.3) is 0 Å². The smallest absolute Gasteiger partial charge is 0.225 e. The molecule has 4 N–H and O–H groups in total. The molecule has 0 amide bonds. The van der Waals surface area contributed by atoms with Crippen LogP contribution in [0.15, 0.2) is 54.7 Å². The Labute approximate surface area is 158 Å². The van der Waals surface area contributed by atoms with Crippen molar-refractivity contribution in [3.63, 3.8) is 0 Å². The lowest BCUT2D eigenvalue weighted by Crippen LogP contribution is -2.30. The summed E-state index contributed by atoms with van der Waals surface area (Å²) in [6.07, 6.45) is 1.71. The van der Waals surface area contributed by atoms with E-state index in [1.807, 2.05) is 38.1 Å². The number of phenols is 1. The van der Waals surface area contributed by atoms with Gasteiger partial charge in [-0.25, -0.2) is 4.98 Å². The first-order valence-electron chi connectivity index (χ1n) is 8.79. The lowest BCUT2D eigenvalue weighted by molar-refractivity contribution is 0.248. The van der Waals surface area contributed by atoms with E-state index in [2.05, 4.69) is 25.6 Å². The molecule has 0 unspecified atom stereocenters. The summed E-state index contributed by atoms with van der Waals surface area (Å²) in [6.45, 7) is 4.01. The van der Waals surface area contributed by atoms with Crippen molar-refractivity contribution in [2.75, 3.05) is 17.2 Å². The maximum atomic E-state index is 9.67. The van der Waals surface area contributed by atoms with Gasteiger partial charge in [0.15, 0.2) is 0 Å². The number of hydrogen-bond donors (Lipinski definition) is 4. The zero-order valence-electron chi connectivity index (χ0n) is 15.3. The molecule has 0 radical (unpaired) electrons. The van der Waals surface area contributed by atoms with E-state index < -0.39 is 0 Å². The molecule has 3 rings (SSSR count). The monoisotopic (exact) mass is 365 g/mol. The maximum Gasteiger partial charge on any atom is 0.225 e. The van der Waals surface area contributed by atoms with Gasteiger partial charge in [-0.15, -0.1) is 0 Å². The minimum Gasteiger partial charge on any atom is -0.508 e. The zero-order valence-corrected chi connectivity index (χ0v) is 15.3. The Hall–Kier alpha value is -3.19. The third-order valence-corrected chi connectivity index (χ3v) is 4.09. The first-order valence-corrected chi connectivity index (χ1v) is 8.79. The number of anilines is 3. The molecule has 27 heavy (non-hydrogen) atoms. The molecule has 0 spiro atoms. The number of rotatable bonds is 7. The quantitative estimate of drug-likeness (QED) is 0.509. The molecule has 0 fully saturated rings. The van der Waals surface area contributed by atoms with Crippen molar-refractivity contribution >= 4 is 17.5 Å². The van der Waals surface area contributed by atoms with Crippen LogP contribution in [0.2, 0.25) is 0 Å².